The lowest BCUT2D eigenvalue weighted by molar-refractivity contribution is -0.121. The van der Waals surface area contributed by atoms with Gasteiger partial charge in [0, 0.05) is 49.3 Å². The molecule has 0 spiro atoms. The molecule has 2 aromatic heterocycles. The fraction of sp³-hybridized carbons (Fsp3) is 0.645. The topological polar surface area (TPSA) is 138 Å². The van der Waals surface area contributed by atoms with Crippen molar-refractivity contribution in [2.24, 2.45) is 11.3 Å². The summed E-state index contributed by atoms with van der Waals surface area (Å²) in [6.45, 7) is 4.07. The van der Waals surface area contributed by atoms with Crippen molar-refractivity contribution in [1.82, 2.24) is 20.0 Å². The predicted molar refractivity (Wildman–Crippen MR) is 165 cm³/mol. The van der Waals surface area contributed by atoms with Gasteiger partial charge in [0.1, 0.15) is 12.4 Å². The van der Waals surface area contributed by atoms with E-state index in [9.17, 15) is 26.9 Å². The largest absolute Gasteiger partial charge is 0.402 e. The van der Waals surface area contributed by atoms with Gasteiger partial charge in [-0.1, -0.05) is 6.07 Å². The van der Waals surface area contributed by atoms with Crippen molar-refractivity contribution in [1.29, 1.82) is 5.26 Å². The van der Waals surface area contributed by atoms with Crippen molar-refractivity contribution < 1.29 is 31.1 Å². The van der Waals surface area contributed by atoms with Gasteiger partial charge in [-0.15, -0.1) is 0 Å². The number of rotatable bonds is 14. The number of hydrogen-bond donors (Lipinski definition) is 3. The lowest BCUT2D eigenvalue weighted by Crippen LogP contribution is -2.42. The van der Waals surface area contributed by atoms with Crippen molar-refractivity contribution in [2.75, 3.05) is 44.2 Å². The number of pyridine rings is 2. The Bertz CT molecular complexity index is 1400. The summed E-state index contributed by atoms with van der Waals surface area (Å²) in [5.41, 5.74) is 3.49. The number of hydrogen-bond acceptors (Lipinski definition) is 9. The zero-order chi connectivity index (χ0) is 32.5. The average molecular weight is 653 g/mol. The minimum absolute atomic E-state index is 0.0713. The van der Waals surface area contributed by atoms with E-state index in [0.29, 0.717) is 38.5 Å². The first-order chi connectivity index (χ1) is 21.4. The lowest BCUT2D eigenvalue weighted by atomic mass is 9.82. The third-order valence-electron chi connectivity index (χ3n) is 8.44. The fourth-order valence-electron chi connectivity index (χ4n) is 5.84. The predicted octanol–water partition coefficient (Wildman–Crippen LogP) is 4.72. The Morgan fingerprint density at radius 3 is 2.62 bits per heavy atom. The van der Waals surface area contributed by atoms with Crippen molar-refractivity contribution in [3.8, 4) is 17.3 Å². The molecule has 3 N–H and O–H groups in total. The van der Waals surface area contributed by atoms with Gasteiger partial charge < -0.3 is 20.1 Å². The van der Waals surface area contributed by atoms with Gasteiger partial charge in [-0.05, 0) is 88.5 Å². The number of nitriles is 1. The second-order valence-corrected chi connectivity index (χ2v) is 14.0. The van der Waals surface area contributed by atoms with E-state index in [1.807, 2.05) is 38.2 Å². The molecule has 0 amide bonds. The van der Waals surface area contributed by atoms with Crippen molar-refractivity contribution in [3.05, 3.63) is 41.7 Å². The SMILES string of the molecule is Cc1cnc(CC2CCC(N[C@@H](C)COCS(=O)(=O)NCC(F)(F)F)CC2)cc1-c1cccc(NCC2(C#N)CCOCC2)n1. The molecule has 1 atom stereocenters. The van der Waals surface area contributed by atoms with Gasteiger partial charge in [-0.3, -0.25) is 4.98 Å². The Balaban J connectivity index is 1.24. The molecule has 0 bridgehead atoms. The first kappa shape index (κ1) is 35.0. The van der Waals surface area contributed by atoms with Crippen LogP contribution in [0.15, 0.2) is 30.5 Å². The molecule has 1 aliphatic carbocycles. The first-order valence-corrected chi connectivity index (χ1v) is 17.0. The van der Waals surface area contributed by atoms with Crippen LogP contribution < -0.4 is 15.4 Å². The molecular formula is C31H43F3N6O4S. The molecule has 1 aliphatic heterocycles. The molecule has 14 heteroatoms. The summed E-state index contributed by atoms with van der Waals surface area (Å²) in [5.74, 6) is 0.392. The highest BCUT2D eigenvalue weighted by molar-refractivity contribution is 7.89. The smallest absolute Gasteiger partial charge is 0.381 e. The van der Waals surface area contributed by atoms with Crippen LogP contribution in [-0.4, -0.2) is 75.5 Å². The molecule has 2 fully saturated rings. The minimum atomic E-state index is -4.62. The summed E-state index contributed by atoms with van der Waals surface area (Å²) in [5, 5.41) is 16.6. The quantitative estimate of drug-likeness (QED) is 0.265. The van der Waals surface area contributed by atoms with Crippen molar-refractivity contribution in [3.63, 3.8) is 0 Å². The number of nitrogens with one attached hydrogen (secondary N) is 3. The van der Waals surface area contributed by atoms with Gasteiger partial charge in [0.2, 0.25) is 10.0 Å². The van der Waals surface area contributed by atoms with E-state index in [2.05, 4.69) is 22.8 Å². The second-order valence-electron chi connectivity index (χ2n) is 12.3. The van der Waals surface area contributed by atoms with Gasteiger partial charge in [-0.2, -0.15) is 18.4 Å². The number of ether oxygens (including phenoxy) is 2. The summed E-state index contributed by atoms with van der Waals surface area (Å²) in [7, 11) is -4.16. The number of aryl methyl sites for hydroxylation is 1. The molecular weight excluding hydrogens is 609 g/mol. The van der Waals surface area contributed by atoms with E-state index in [4.69, 9.17) is 19.4 Å². The second kappa shape index (κ2) is 15.6. The summed E-state index contributed by atoms with van der Waals surface area (Å²) in [6.07, 6.45) is 3.46. The number of sulfonamides is 1. The van der Waals surface area contributed by atoms with Gasteiger partial charge >= 0.3 is 6.18 Å². The Hall–Kier alpha value is -2.83. The van der Waals surface area contributed by atoms with Gasteiger partial charge in [0.05, 0.1) is 23.8 Å². The zero-order valence-electron chi connectivity index (χ0n) is 25.8. The highest BCUT2D eigenvalue weighted by Gasteiger charge is 2.33. The molecule has 10 nitrogen and oxygen atoms in total. The number of anilines is 1. The Labute approximate surface area is 263 Å². The molecule has 248 valence electrons. The summed E-state index contributed by atoms with van der Waals surface area (Å²) >= 11 is 0. The van der Waals surface area contributed by atoms with E-state index in [-0.39, 0.29) is 18.7 Å². The van der Waals surface area contributed by atoms with Crippen LogP contribution in [0.5, 0.6) is 0 Å². The van der Waals surface area contributed by atoms with Crippen LogP contribution in [0.4, 0.5) is 19.0 Å². The van der Waals surface area contributed by atoms with E-state index in [1.165, 1.54) is 4.72 Å². The average Bonchev–Trinajstić information content (AvgIpc) is 3.01. The van der Waals surface area contributed by atoms with Crippen molar-refractivity contribution >= 4 is 15.8 Å². The molecule has 3 heterocycles. The minimum Gasteiger partial charge on any atom is -0.381 e. The van der Waals surface area contributed by atoms with Gasteiger partial charge in [0.25, 0.3) is 0 Å². The maximum atomic E-state index is 12.3. The molecule has 4 rings (SSSR count). The van der Waals surface area contributed by atoms with Crippen LogP contribution in [-0.2, 0) is 25.9 Å². The Morgan fingerprint density at radius 2 is 1.93 bits per heavy atom. The molecule has 2 aliphatic rings. The van der Waals surface area contributed by atoms with Crippen molar-refractivity contribution in [2.45, 2.75) is 77.1 Å². The zero-order valence-corrected chi connectivity index (χ0v) is 26.6. The Kier molecular flexibility index (Phi) is 12.2. The van der Waals surface area contributed by atoms with E-state index < -0.39 is 34.1 Å². The van der Waals surface area contributed by atoms with Crippen LogP contribution in [0.1, 0.15) is 56.7 Å². The molecule has 1 saturated carbocycles. The molecule has 0 aromatic carbocycles. The highest BCUT2D eigenvalue weighted by Crippen LogP contribution is 2.31. The third-order valence-corrected chi connectivity index (χ3v) is 9.50. The third kappa shape index (κ3) is 11.2. The van der Waals surface area contributed by atoms with E-state index in [1.54, 1.807) is 0 Å². The maximum Gasteiger partial charge on any atom is 0.402 e. The number of halogens is 3. The van der Waals surface area contributed by atoms with Crippen LogP contribution in [0.3, 0.4) is 0 Å². The van der Waals surface area contributed by atoms with Crippen LogP contribution in [0.25, 0.3) is 11.3 Å². The monoisotopic (exact) mass is 652 g/mol. The maximum absolute atomic E-state index is 12.3. The fourth-order valence-corrected chi connectivity index (χ4v) is 6.62. The normalized spacial score (nSPS) is 21.2. The Morgan fingerprint density at radius 1 is 1.20 bits per heavy atom. The van der Waals surface area contributed by atoms with Crippen LogP contribution >= 0.6 is 0 Å². The van der Waals surface area contributed by atoms with Crippen LogP contribution in [0.2, 0.25) is 0 Å². The first-order valence-electron chi connectivity index (χ1n) is 15.4. The standard InChI is InChI=1S/C31H43F3N6O4S/c1-22-16-36-26(15-27(22)28-4-3-5-29(40-28)37-19-30(18-35)10-12-43-13-11-30)14-24-6-8-25(9-7-24)39-23(2)17-44-21-45(41,42)38-20-31(32,33)34/h3-5,15-16,23-25,38-39H,6-14,17,19-21H2,1-2H3,(H,37,40)/t23-,24?,25?/m0/s1. The van der Waals surface area contributed by atoms with E-state index >= 15 is 0 Å². The molecule has 1 saturated heterocycles. The van der Waals surface area contributed by atoms with Gasteiger partial charge in [0.15, 0.2) is 5.94 Å². The summed E-state index contributed by atoms with van der Waals surface area (Å²) in [4.78, 5) is 9.56. The van der Waals surface area contributed by atoms with E-state index in [0.717, 1.165) is 60.4 Å². The summed E-state index contributed by atoms with van der Waals surface area (Å²) < 4.78 is 72.3. The molecule has 0 unspecified atom stereocenters. The van der Waals surface area contributed by atoms with Crippen LogP contribution in [0, 0.1) is 29.6 Å². The molecule has 0 radical (unpaired) electrons. The lowest BCUT2D eigenvalue weighted by Gasteiger charge is -2.31. The molecule has 2 aromatic rings. The highest BCUT2D eigenvalue weighted by atomic mass is 32.2. The number of aromatic nitrogens is 2. The number of alkyl halides is 3. The number of nitrogens with zero attached hydrogens (tertiary/aromatic N) is 3. The van der Waals surface area contributed by atoms with Gasteiger partial charge in [-0.25, -0.2) is 18.1 Å². The summed E-state index contributed by atoms with van der Waals surface area (Å²) in [6, 6.07) is 10.6. The molecule has 45 heavy (non-hydrogen) atoms.